The largest absolute Gasteiger partial charge is 0.497 e. The van der Waals surface area contributed by atoms with Crippen molar-refractivity contribution in [3.05, 3.63) is 48.5 Å². The van der Waals surface area contributed by atoms with Gasteiger partial charge < -0.3 is 19.3 Å². The number of para-hydroxylation sites is 2. The molecule has 2 aromatic carbocycles. The van der Waals surface area contributed by atoms with Crippen LogP contribution in [0.4, 0.5) is 16.2 Å². The monoisotopic (exact) mass is 452 g/mol. The van der Waals surface area contributed by atoms with E-state index < -0.39 is 24.4 Å². The van der Waals surface area contributed by atoms with Crippen LogP contribution in [0.2, 0.25) is 0 Å². The Balaban J connectivity index is 1.39. The fourth-order valence-electron chi connectivity index (χ4n) is 3.93. The molecular formula is C23H24N4O6. The lowest BCUT2D eigenvalue weighted by Crippen LogP contribution is -2.52. The van der Waals surface area contributed by atoms with Crippen molar-refractivity contribution in [1.29, 1.82) is 0 Å². The molecule has 2 saturated heterocycles. The highest BCUT2D eigenvalue weighted by molar-refractivity contribution is 6.53. The quantitative estimate of drug-likeness (QED) is 0.482. The van der Waals surface area contributed by atoms with Crippen molar-refractivity contribution in [3.63, 3.8) is 0 Å². The summed E-state index contributed by atoms with van der Waals surface area (Å²) in [5.41, 5.74) is 1.18. The lowest BCUT2D eigenvalue weighted by molar-refractivity contribution is -0.142. The van der Waals surface area contributed by atoms with E-state index >= 15 is 0 Å². The Morgan fingerprint density at radius 2 is 1.52 bits per heavy atom. The molecule has 33 heavy (non-hydrogen) atoms. The lowest BCUT2D eigenvalue weighted by atomic mass is 10.2. The summed E-state index contributed by atoms with van der Waals surface area (Å²) in [4.78, 5) is 55.7. The van der Waals surface area contributed by atoms with Gasteiger partial charge in [0, 0.05) is 26.2 Å². The van der Waals surface area contributed by atoms with Crippen LogP contribution in [0.15, 0.2) is 48.5 Å². The third-order valence-corrected chi connectivity index (χ3v) is 5.74. The minimum atomic E-state index is -1.02. The van der Waals surface area contributed by atoms with Gasteiger partial charge in [-0.15, -0.1) is 0 Å². The van der Waals surface area contributed by atoms with Crippen molar-refractivity contribution >= 4 is 35.1 Å². The molecule has 0 bridgehead atoms. The Morgan fingerprint density at radius 1 is 0.848 bits per heavy atom. The van der Waals surface area contributed by atoms with E-state index in [0.29, 0.717) is 36.8 Å². The summed E-state index contributed by atoms with van der Waals surface area (Å²) in [5.74, 6) is -1.09. The summed E-state index contributed by atoms with van der Waals surface area (Å²) in [6, 6.07) is 13.0. The van der Waals surface area contributed by atoms with Crippen molar-refractivity contribution in [3.8, 4) is 11.5 Å². The van der Waals surface area contributed by atoms with E-state index in [1.54, 1.807) is 24.1 Å². The van der Waals surface area contributed by atoms with Crippen LogP contribution in [-0.2, 0) is 14.4 Å². The Hall–Kier alpha value is -4.08. The fraction of sp³-hybridized carbons (Fsp3) is 0.304. The molecule has 0 spiro atoms. The molecule has 0 unspecified atom stereocenters. The van der Waals surface area contributed by atoms with Crippen LogP contribution in [0.5, 0.6) is 11.5 Å². The number of hydrogen-bond acceptors (Lipinski definition) is 7. The molecular weight excluding hydrogens is 428 g/mol. The van der Waals surface area contributed by atoms with Crippen LogP contribution in [0.25, 0.3) is 0 Å². The first-order valence-electron chi connectivity index (χ1n) is 10.4. The van der Waals surface area contributed by atoms with Crippen LogP contribution in [0.1, 0.15) is 0 Å². The van der Waals surface area contributed by atoms with Gasteiger partial charge in [0.25, 0.3) is 0 Å². The first-order valence-corrected chi connectivity index (χ1v) is 10.4. The number of piperazine rings is 1. The van der Waals surface area contributed by atoms with Crippen molar-refractivity contribution in [2.24, 2.45) is 0 Å². The van der Waals surface area contributed by atoms with E-state index in [2.05, 4.69) is 4.90 Å². The standard InChI is InChI=1S/C23H24N4O6/c1-32-17-9-7-16(8-10-17)27-22(30)21(29)26(23(27)31)15-20(28)25-13-11-24(12-14-25)18-5-3-4-6-19(18)33-2/h3-10H,11-15H2,1-2H3. The van der Waals surface area contributed by atoms with Gasteiger partial charge in [0.05, 0.1) is 25.6 Å². The Bertz CT molecular complexity index is 1080. The smallest absolute Gasteiger partial charge is 0.339 e. The number of imide groups is 2. The normalized spacial score (nSPS) is 16.5. The summed E-state index contributed by atoms with van der Waals surface area (Å²) >= 11 is 0. The van der Waals surface area contributed by atoms with E-state index in [0.717, 1.165) is 16.3 Å². The van der Waals surface area contributed by atoms with E-state index in [4.69, 9.17) is 9.47 Å². The van der Waals surface area contributed by atoms with Gasteiger partial charge in [-0.25, -0.2) is 14.6 Å². The number of hydrogen-bond donors (Lipinski definition) is 0. The van der Waals surface area contributed by atoms with Gasteiger partial charge in [0.1, 0.15) is 18.0 Å². The number of nitrogens with zero attached hydrogens (tertiary/aromatic N) is 4. The van der Waals surface area contributed by atoms with Crippen LogP contribution in [0.3, 0.4) is 0 Å². The third kappa shape index (κ3) is 4.19. The third-order valence-electron chi connectivity index (χ3n) is 5.74. The van der Waals surface area contributed by atoms with Crippen molar-refractivity contribution < 1.29 is 28.7 Å². The summed E-state index contributed by atoms with van der Waals surface area (Å²) in [5, 5.41) is 0. The molecule has 10 nitrogen and oxygen atoms in total. The molecule has 0 saturated carbocycles. The molecule has 4 rings (SSSR count). The molecule has 2 aliphatic heterocycles. The summed E-state index contributed by atoms with van der Waals surface area (Å²) in [6.07, 6.45) is 0. The van der Waals surface area contributed by atoms with Crippen molar-refractivity contribution in [2.45, 2.75) is 0 Å². The highest BCUT2D eigenvalue weighted by Crippen LogP contribution is 2.29. The number of methoxy groups -OCH3 is 2. The number of anilines is 2. The van der Waals surface area contributed by atoms with Gasteiger partial charge in [-0.05, 0) is 36.4 Å². The van der Waals surface area contributed by atoms with Crippen LogP contribution in [-0.4, -0.2) is 80.5 Å². The number of benzene rings is 2. The van der Waals surface area contributed by atoms with Crippen LogP contribution in [0, 0.1) is 0 Å². The number of rotatable bonds is 6. The number of urea groups is 1. The Morgan fingerprint density at radius 3 is 2.15 bits per heavy atom. The molecule has 5 amide bonds. The van der Waals surface area contributed by atoms with Gasteiger partial charge in [0.15, 0.2) is 0 Å². The SMILES string of the molecule is COc1ccc(N2C(=O)C(=O)N(CC(=O)N3CCN(c4ccccc4OC)CC3)C2=O)cc1. The number of amides is 5. The molecule has 2 fully saturated rings. The second-order valence-corrected chi connectivity index (χ2v) is 7.55. The van der Waals surface area contributed by atoms with E-state index in [-0.39, 0.29) is 11.6 Å². The first-order chi connectivity index (χ1) is 15.9. The average Bonchev–Trinajstić information content (AvgIpc) is 3.07. The topological polar surface area (TPSA) is 99.7 Å². The molecule has 0 aliphatic carbocycles. The van der Waals surface area contributed by atoms with Gasteiger partial charge in [0.2, 0.25) is 5.91 Å². The fourth-order valence-corrected chi connectivity index (χ4v) is 3.93. The van der Waals surface area contributed by atoms with E-state index in [1.807, 2.05) is 24.3 Å². The molecule has 2 aromatic rings. The minimum absolute atomic E-state index is 0.236. The zero-order valence-corrected chi connectivity index (χ0v) is 18.4. The predicted octanol–water partition coefficient (Wildman–Crippen LogP) is 1.35. The van der Waals surface area contributed by atoms with E-state index in [1.165, 1.54) is 19.2 Å². The Labute approximate surface area is 190 Å². The molecule has 2 aliphatic rings. The predicted molar refractivity (Wildman–Crippen MR) is 119 cm³/mol. The average molecular weight is 452 g/mol. The number of ether oxygens (including phenoxy) is 2. The van der Waals surface area contributed by atoms with E-state index in [9.17, 15) is 19.2 Å². The molecule has 0 atom stereocenters. The molecule has 10 heteroatoms. The highest BCUT2D eigenvalue weighted by Gasteiger charge is 2.46. The van der Waals surface area contributed by atoms with Crippen LogP contribution < -0.4 is 19.3 Å². The van der Waals surface area contributed by atoms with Gasteiger partial charge in [-0.2, -0.15) is 0 Å². The zero-order valence-electron chi connectivity index (χ0n) is 18.4. The maximum atomic E-state index is 12.8. The molecule has 0 aromatic heterocycles. The van der Waals surface area contributed by atoms with Crippen molar-refractivity contribution in [1.82, 2.24) is 9.80 Å². The molecule has 2 heterocycles. The van der Waals surface area contributed by atoms with Gasteiger partial charge in [-0.1, -0.05) is 12.1 Å². The first kappa shape index (κ1) is 22.1. The summed E-state index contributed by atoms with van der Waals surface area (Å²) in [7, 11) is 3.10. The number of carbonyl (C=O) groups excluding carboxylic acids is 4. The minimum Gasteiger partial charge on any atom is -0.497 e. The summed E-state index contributed by atoms with van der Waals surface area (Å²) in [6.45, 7) is 1.51. The second kappa shape index (κ2) is 9.19. The lowest BCUT2D eigenvalue weighted by Gasteiger charge is -2.37. The molecule has 0 N–H and O–H groups in total. The molecule has 0 radical (unpaired) electrons. The maximum Gasteiger partial charge on any atom is 0.339 e. The zero-order chi connectivity index (χ0) is 23.5. The highest BCUT2D eigenvalue weighted by atomic mass is 16.5. The van der Waals surface area contributed by atoms with Crippen LogP contribution >= 0.6 is 0 Å². The van der Waals surface area contributed by atoms with Crippen molar-refractivity contribution in [2.75, 3.05) is 56.7 Å². The second-order valence-electron chi connectivity index (χ2n) is 7.55. The molecule has 172 valence electrons. The Kier molecular flexibility index (Phi) is 6.16. The van der Waals surface area contributed by atoms with Gasteiger partial charge >= 0.3 is 17.8 Å². The number of carbonyl (C=O) groups is 4. The summed E-state index contributed by atoms with van der Waals surface area (Å²) < 4.78 is 10.5. The maximum absolute atomic E-state index is 12.8. The van der Waals surface area contributed by atoms with Gasteiger partial charge in [-0.3, -0.25) is 14.4 Å².